The Morgan fingerprint density at radius 2 is 1.76 bits per heavy atom. The summed E-state index contributed by atoms with van der Waals surface area (Å²) in [7, 11) is 1.63. The number of hydrogen-bond acceptors (Lipinski definition) is 4. The largest absolute Gasteiger partial charge is 0.497 e. The summed E-state index contributed by atoms with van der Waals surface area (Å²) in [4.78, 5) is 13.9. The van der Waals surface area contributed by atoms with Gasteiger partial charge in [0.05, 0.1) is 12.0 Å². The molecule has 2 aliphatic rings. The third-order valence-electron chi connectivity index (χ3n) is 4.91. The van der Waals surface area contributed by atoms with Gasteiger partial charge in [0.25, 0.3) is 5.91 Å². The van der Waals surface area contributed by atoms with Crippen molar-refractivity contribution in [3.63, 3.8) is 0 Å². The van der Waals surface area contributed by atoms with Crippen LogP contribution in [0.4, 0.5) is 0 Å². The summed E-state index contributed by atoms with van der Waals surface area (Å²) in [6.07, 6.45) is 3.86. The van der Waals surface area contributed by atoms with E-state index < -0.39 is 0 Å². The number of para-hydroxylation sites is 1. The lowest BCUT2D eigenvalue weighted by Crippen LogP contribution is -2.17. The molecule has 0 radical (unpaired) electrons. The van der Waals surface area contributed by atoms with Crippen LogP contribution in [0.5, 0.6) is 11.5 Å². The fraction of sp³-hybridized carbons (Fsp3) is 0.0417. The predicted molar refractivity (Wildman–Crippen MR) is 115 cm³/mol. The van der Waals surface area contributed by atoms with Gasteiger partial charge < -0.3 is 14.8 Å². The fourth-order valence-electron chi connectivity index (χ4n) is 3.46. The van der Waals surface area contributed by atoms with Crippen molar-refractivity contribution >= 4 is 34.3 Å². The van der Waals surface area contributed by atoms with E-state index in [2.05, 4.69) is 5.32 Å². The van der Waals surface area contributed by atoms with Gasteiger partial charge in [-0.15, -0.1) is 11.3 Å². The highest BCUT2D eigenvalue weighted by Crippen LogP contribution is 2.40. The molecule has 5 rings (SSSR count). The molecule has 3 aromatic rings. The molecule has 2 aromatic carbocycles. The third-order valence-corrected chi connectivity index (χ3v) is 5.79. The van der Waals surface area contributed by atoms with Crippen LogP contribution < -0.4 is 14.8 Å². The minimum atomic E-state index is -0.121. The van der Waals surface area contributed by atoms with Gasteiger partial charge in [0.2, 0.25) is 0 Å². The maximum absolute atomic E-state index is 12.9. The van der Waals surface area contributed by atoms with Crippen molar-refractivity contribution in [2.24, 2.45) is 0 Å². The molecule has 0 unspecified atom stereocenters. The number of rotatable bonds is 3. The number of nitrogens with one attached hydrogen (secondary N) is 1. The van der Waals surface area contributed by atoms with E-state index in [1.54, 1.807) is 18.4 Å². The number of benzene rings is 2. The summed E-state index contributed by atoms with van der Waals surface area (Å²) in [5.41, 5.74) is 4.09. The molecule has 1 aromatic heterocycles. The number of fused-ring (bicyclic) bond motifs is 1. The monoisotopic (exact) mass is 399 g/mol. The van der Waals surface area contributed by atoms with Gasteiger partial charge in [0.1, 0.15) is 17.3 Å². The van der Waals surface area contributed by atoms with E-state index in [4.69, 9.17) is 9.47 Å². The normalized spacial score (nSPS) is 17.8. The van der Waals surface area contributed by atoms with Gasteiger partial charge >= 0.3 is 0 Å². The number of amides is 1. The molecular weight excluding hydrogens is 382 g/mol. The molecule has 0 saturated heterocycles. The van der Waals surface area contributed by atoms with Crippen molar-refractivity contribution in [3.05, 3.63) is 99.8 Å². The second-order valence-electron chi connectivity index (χ2n) is 6.65. The lowest BCUT2D eigenvalue weighted by Gasteiger charge is -2.20. The molecule has 0 atom stereocenters. The van der Waals surface area contributed by atoms with E-state index in [0.717, 1.165) is 44.5 Å². The summed E-state index contributed by atoms with van der Waals surface area (Å²) in [6.45, 7) is 0. The van der Waals surface area contributed by atoms with E-state index in [0.29, 0.717) is 5.57 Å². The maximum Gasteiger partial charge on any atom is 0.256 e. The van der Waals surface area contributed by atoms with E-state index in [1.807, 2.05) is 78.2 Å². The molecule has 4 nitrogen and oxygen atoms in total. The van der Waals surface area contributed by atoms with Crippen LogP contribution in [0.2, 0.25) is 0 Å². The molecule has 142 valence electrons. The minimum Gasteiger partial charge on any atom is -0.497 e. The van der Waals surface area contributed by atoms with E-state index in [-0.39, 0.29) is 5.91 Å². The average Bonchev–Trinajstić information content (AvgIpc) is 3.43. The zero-order valence-electron chi connectivity index (χ0n) is 15.6. The molecule has 0 aliphatic carbocycles. The van der Waals surface area contributed by atoms with Crippen LogP contribution in [0.3, 0.4) is 0 Å². The highest BCUT2D eigenvalue weighted by atomic mass is 32.1. The number of allylic oxidation sites excluding steroid dienone is 2. The van der Waals surface area contributed by atoms with Gasteiger partial charge in [-0.1, -0.05) is 24.3 Å². The molecule has 3 heterocycles. The van der Waals surface area contributed by atoms with E-state index in [9.17, 15) is 4.79 Å². The maximum atomic E-state index is 12.9. The molecule has 1 N–H and O–H groups in total. The van der Waals surface area contributed by atoms with Crippen LogP contribution in [-0.4, -0.2) is 13.0 Å². The first-order valence-corrected chi connectivity index (χ1v) is 10.1. The molecular formula is C24H17NO3S. The SMILES string of the molecule is COc1ccc(C2=CC(=C3C=C(c4cccs4)Oc4ccccc43)C(=O)N2)cc1. The second kappa shape index (κ2) is 7.11. The van der Waals surface area contributed by atoms with Crippen LogP contribution in [0.25, 0.3) is 17.0 Å². The zero-order chi connectivity index (χ0) is 19.8. The number of carbonyl (C=O) groups excluding carboxylic acids is 1. The molecule has 1 amide bonds. The molecule has 5 heteroatoms. The van der Waals surface area contributed by atoms with E-state index in [1.165, 1.54) is 0 Å². The Morgan fingerprint density at radius 1 is 0.931 bits per heavy atom. The Bertz CT molecular complexity index is 1190. The van der Waals surface area contributed by atoms with Crippen LogP contribution in [0.15, 0.2) is 83.8 Å². The Kier molecular flexibility index (Phi) is 4.30. The number of carbonyl (C=O) groups is 1. The quantitative estimate of drug-likeness (QED) is 0.622. The third kappa shape index (κ3) is 3.15. The van der Waals surface area contributed by atoms with Crippen molar-refractivity contribution in [2.45, 2.75) is 0 Å². The van der Waals surface area contributed by atoms with Gasteiger partial charge in [-0.2, -0.15) is 0 Å². The summed E-state index contributed by atoms with van der Waals surface area (Å²) in [6, 6.07) is 19.4. The van der Waals surface area contributed by atoms with Crippen molar-refractivity contribution in [1.82, 2.24) is 5.32 Å². The minimum absolute atomic E-state index is 0.121. The lowest BCUT2D eigenvalue weighted by molar-refractivity contribution is -0.115. The Balaban J connectivity index is 1.64. The van der Waals surface area contributed by atoms with Gasteiger partial charge in [-0.3, -0.25) is 4.79 Å². The standard InChI is InChI=1S/C24H17NO3S/c1-27-16-10-8-15(9-11-16)20-13-19(24(26)25-20)18-14-22(23-7-4-12-29-23)28-21-6-3-2-5-17(18)21/h2-14H,1H3,(H,25,26). The lowest BCUT2D eigenvalue weighted by atomic mass is 9.96. The fourth-order valence-corrected chi connectivity index (χ4v) is 4.14. The molecule has 29 heavy (non-hydrogen) atoms. The Hall–Kier alpha value is -3.57. The average molecular weight is 399 g/mol. The number of thiophene rings is 1. The number of ether oxygens (including phenoxy) is 2. The first-order valence-electron chi connectivity index (χ1n) is 9.17. The van der Waals surface area contributed by atoms with Gasteiger partial charge in [0.15, 0.2) is 0 Å². The molecule has 2 aliphatic heterocycles. The summed E-state index contributed by atoms with van der Waals surface area (Å²) in [5.74, 6) is 2.16. The molecule has 0 bridgehead atoms. The molecule has 0 saturated carbocycles. The highest BCUT2D eigenvalue weighted by Gasteiger charge is 2.27. The van der Waals surface area contributed by atoms with Crippen molar-refractivity contribution in [2.75, 3.05) is 7.11 Å². The summed E-state index contributed by atoms with van der Waals surface area (Å²) in [5, 5.41) is 5.00. The molecule has 0 fully saturated rings. The first kappa shape index (κ1) is 17.5. The smallest absolute Gasteiger partial charge is 0.256 e. The van der Waals surface area contributed by atoms with Gasteiger partial charge in [-0.25, -0.2) is 0 Å². The Labute approximate surface area is 172 Å². The van der Waals surface area contributed by atoms with Crippen LogP contribution in [-0.2, 0) is 4.79 Å². The van der Waals surface area contributed by atoms with Crippen LogP contribution >= 0.6 is 11.3 Å². The second-order valence-corrected chi connectivity index (χ2v) is 7.60. The van der Waals surface area contributed by atoms with Crippen molar-refractivity contribution in [3.8, 4) is 11.5 Å². The number of methoxy groups -OCH3 is 1. The predicted octanol–water partition coefficient (Wildman–Crippen LogP) is 5.11. The van der Waals surface area contributed by atoms with Crippen molar-refractivity contribution in [1.29, 1.82) is 0 Å². The highest BCUT2D eigenvalue weighted by molar-refractivity contribution is 7.11. The van der Waals surface area contributed by atoms with Crippen LogP contribution in [0.1, 0.15) is 16.0 Å². The van der Waals surface area contributed by atoms with E-state index >= 15 is 0 Å². The van der Waals surface area contributed by atoms with Crippen LogP contribution in [0, 0.1) is 0 Å². The Morgan fingerprint density at radius 3 is 2.52 bits per heavy atom. The van der Waals surface area contributed by atoms with Crippen molar-refractivity contribution < 1.29 is 14.3 Å². The summed E-state index contributed by atoms with van der Waals surface area (Å²) < 4.78 is 11.3. The van der Waals surface area contributed by atoms with Gasteiger partial charge in [0, 0.05) is 22.4 Å². The van der Waals surface area contributed by atoms with Gasteiger partial charge in [-0.05, 0) is 59.5 Å². The topological polar surface area (TPSA) is 47.6 Å². The first-order chi connectivity index (χ1) is 14.2. The zero-order valence-corrected chi connectivity index (χ0v) is 16.5. The molecule has 0 spiro atoms. The number of hydrogen-bond donors (Lipinski definition) is 1. The summed E-state index contributed by atoms with van der Waals surface area (Å²) >= 11 is 1.61.